The van der Waals surface area contributed by atoms with Crippen LogP contribution < -0.4 is 11.0 Å². The van der Waals surface area contributed by atoms with E-state index in [1.165, 1.54) is 0 Å². The Balaban J connectivity index is 2.36. The predicted octanol–water partition coefficient (Wildman–Crippen LogP) is 0.792. The largest absolute Gasteiger partial charge is 0.347 e. The molecule has 1 aromatic rings. The second-order valence-corrected chi connectivity index (χ2v) is 4.75. The zero-order valence-corrected chi connectivity index (χ0v) is 12.6. The summed E-state index contributed by atoms with van der Waals surface area (Å²) in [6.07, 6.45) is 0. The zero-order chi connectivity index (χ0) is 14.3. The van der Waals surface area contributed by atoms with Gasteiger partial charge in [0.1, 0.15) is 0 Å². The molecule has 1 N–H and O–H groups in total. The first kappa shape index (κ1) is 15.9. The maximum absolute atomic E-state index is 11.7. The minimum atomic E-state index is -0.150. The molecule has 0 bridgehead atoms. The Morgan fingerprint density at radius 1 is 1.26 bits per heavy atom. The summed E-state index contributed by atoms with van der Waals surface area (Å²) in [4.78, 5) is 18.1. The summed E-state index contributed by atoms with van der Waals surface area (Å²) in [6.45, 7) is 13.8. The van der Waals surface area contributed by atoms with Gasteiger partial charge in [-0.2, -0.15) is 4.98 Å². The predicted molar refractivity (Wildman–Crippen MR) is 78.6 cm³/mol. The van der Waals surface area contributed by atoms with Crippen LogP contribution in [0.25, 0.3) is 0 Å². The molecule has 0 aromatic carbocycles. The van der Waals surface area contributed by atoms with Crippen molar-refractivity contribution in [1.82, 2.24) is 19.8 Å². The Kier molecular flexibility index (Phi) is 6.73. The molecule has 19 heavy (non-hydrogen) atoms. The highest BCUT2D eigenvalue weighted by molar-refractivity contribution is 5.06. The van der Waals surface area contributed by atoms with Gasteiger partial charge in [0.2, 0.25) is 0 Å². The van der Waals surface area contributed by atoms with E-state index < -0.39 is 0 Å². The summed E-state index contributed by atoms with van der Waals surface area (Å²) in [6, 6.07) is 1.94. The van der Waals surface area contributed by atoms with Crippen LogP contribution in [0.5, 0.6) is 0 Å². The molecule has 108 valence electrons. The number of hydrogen-bond donors (Lipinski definition) is 1. The van der Waals surface area contributed by atoms with E-state index in [2.05, 4.69) is 29.0 Å². The second kappa shape index (κ2) is 8.07. The monoisotopic (exact) mass is 266 g/mol. The van der Waals surface area contributed by atoms with Crippen LogP contribution in [0.4, 0.5) is 0 Å². The summed E-state index contributed by atoms with van der Waals surface area (Å²) in [5.74, 6) is 0. The Morgan fingerprint density at radius 2 is 1.95 bits per heavy atom. The van der Waals surface area contributed by atoms with Crippen LogP contribution >= 0.6 is 0 Å². The van der Waals surface area contributed by atoms with E-state index >= 15 is 0 Å². The van der Waals surface area contributed by atoms with Gasteiger partial charge in [-0.15, -0.1) is 0 Å². The lowest BCUT2D eigenvalue weighted by Gasteiger charge is -2.18. The smallest absolute Gasteiger partial charge is 0.314 e. The minimum absolute atomic E-state index is 0.150. The Bertz CT molecular complexity index is 438. The van der Waals surface area contributed by atoms with Crippen molar-refractivity contribution in [3.63, 3.8) is 0 Å². The standard InChI is InChI=1S/C14H26N4O/c1-5-17(6-2)9-7-15-8-10-18-13(4)11-12(3)16-14(18)19/h11,15H,5-10H2,1-4H3. The van der Waals surface area contributed by atoms with Crippen molar-refractivity contribution in [2.45, 2.75) is 34.2 Å². The second-order valence-electron chi connectivity index (χ2n) is 4.75. The molecule has 0 aliphatic rings. The maximum atomic E-state index is 11.7. The van der Waals surface area contributed by atoms with Gasteiger partial charge in [0.25, 0.3) is 0 Å². The molecule has 1 aromatic heterocycles. The van der Waals surface area contributed by atoms with Crippen molar-refractivity contribution < 1.29 is 0 Å². The van der Waals surface area contributed by atoms with Crippen molar-refractivity contribution in [2.24, 2.45) is 0 Å². The van der Waals surface area contributed by atoms with Crippen LogP contribution in [0.1, 0.15) is 25.2 Å². The van der Waals surface area contributed by atoms with Crippen molar-refractivity contribution >= 4 is 0 Å². The number of aryl methyl sites for hydroxylation is 2. The van der Waals surface area contributed by atoms with Crippen LogP contribution in [0.2, 0.25) is 0 Å². The first-order valence-electron chi connectivity index (χ1n) is 7.06. The van der Waals surface area contributed by atoms with Gasteiger partial charge in [-0.05, 0) is 33.0 Å². The molecular formula is C14H26N4O. The normalized spacial score (nSPS) is 11.2. The molecule has 0 atom stereocenters. The van der Waals surface area contributed by atoms with Crippen molar-refractivity contribution in [3.8, 4) is 0 Å². The molecule has 0 aliphatic heterocycles. The highest BCUT2D eigenvalue weighted by Gasteiger charge is 2.02. The lowest BCUT2D eigenvalue weighted by molar-refractivity contribution is 0.301. The summed E-state index contributed by atoms with van der Waals surface area (Å²) < 4.78 is 1.72. The lowest BCUT2D eigenvalue weighted by atomic mass is 10.3. The van der Waals surface area contributed by atoms with Gasteiger partial charge in [-0.1, -0.05) is 13.8 Å². The lowest BCUT2D eigenvalue weighted by Crippen LogP contribution is -2.35. The van der Waals surface area contributed by atoms with Gasteiger partial charge >= 0.3 is 5.69 Å². The summed E-state index contributed by atoms with van der Waals surface area (Å²) in [7, 11) is 0. The molecule has 0 radical (unpaired) electrons. The molecule has 0 saturated carbocycles. The first-order chi connectivity index (χ1) is 9.08. The molecule has 0 fully saturated rings. The molecule has 0 amide bonds. The topological polar surface area (TPSA) is 50.2 Å². The van der Waals surface area contributed by atoms with E-state index in [1.807, 2.05) is 19.9 Å². The fourth-order valence-corrected chi connectivity index (χ4v) is 2.14. The van der Waals surface area contributed by atoms with Crippen molar-refractivity contribution in [1.29, 1.82) is 0 Å². The van der Waals surface area contributed by atoms with Crippen LogP contribution in [-0.2, 0) is 6.54 Å². The zero-order valence-electron chi connectivity index (χ0n) is 12.6. The average Bonchev–Trinajstić information content (AvgIpc) is 2.36. The van der Waals surface area contributed by atoms with E-state index in [0.717, 1.165) is 44.1 Å². The third-order valence-electron chi connectivity index (χ3n) is 3.36. The fourth-order valence-electron chi connectivity index (χ4n) is 2.14. The van der Waals surface area contributed by atoms with E-state index in [1.54, 1.807) is 4.57 Å². The molecular weight excluding hydrogens is 240 g/mol. The molecule has 5 heteroatoms. The molecule has 5 nitrogen and oxygen atoms in total. The number of rotatable bonds is 8. The molecule has 0 unspecified atom stereocenters. The van der Waals surface area contributed by atoms with Gasteiger partial charge in [-0.3, -0.25) is 4.57 Å². The third-order valence-corrected chi connectivity index (χ3v) is 3.36. The van der Waals surface area contributed by atoms with Gasteiger partial charge in [-0.25, -0.2) is 4.79 Å². The van der Waals surface area contributed by atoms with Gasteiger partial charge in [0.15, 0.2) is 0 Å². The van der Waals surface area contributed by atoms with Gasteiger partial charge < -0.3 is 10.2 Å². The summed E-state index contributed by atoms with van der Waals surface area (Å²) in [5, 5.41) is 3.37. The van der Waals surface area contributed by atoms with Crippen molar-refractivity contribution in [2.75, 3.05) is 32.7 Å². The number of likely N-dealkylation sites (N-methyl/N-ethyl adjacent to an activating group) is 1. The number of nitrogens with one attached hydrogen (secondary N) is 1. The Labute approximate surface area is 115 Å². The Morgan fingerprint density at radius 3 is 2.53 bits per heavy atom. The molecule has 1 rings (SSSR count). The van der Waals surface area contributed by atoms with Crippen LogP contribution in [0.15, 0.2) is 10.9 Å². The van der Waals surface area contributed by atoms with Crippen LogP contribution in [0, 0.1) is 13.8 Å². The minimum Gasteiger partial charge on any atom is -0.314 e. The number of hydrogen-bond acceptors (Lipinski definition) is 4. The quantitative estimate of drug-likeness (QED) is 0.707. The maximum Gasteiger partial charge on any atom is 0.347 e. The molecule has 0 saturated heterocycles. The van der Waals surface area contributed by atoms with Crippen molar-refractivity contribution in [3.05, 3.63) is 27.9 Å². The first-order valence-corrected chi connectivity index (χ1v) is 7.06. The summed E-state index contributed by atoms with van der Waals surface area (Å²) >= 11 is 0. The Hall–Kier alpha value is -1.20. The average molecular weight is 266 g/mol. The van der Waals surface area contributed by atoms with Crippen LogP contribution in [0.3, 0.4) is 0 Å². The van der Waals surface area contributed by atoms with Crippen LogP contribution in [-0.4, -0.2) is 47.2 Å². The van der Waals surface area contributed by atoms with E-state index in [4.69, 9.17) is 0 Å². The SMILES string of the molecule is CCN(CC)CCNCCn1c(C)cc(C)nc1=O. The molecule has 0 spiro atoms. The summed E-state index contributed by atoms with van der Waals surface area (Å²) in [5.41, 5.74) is 1.61. The highest BCUT2D eigenvalue weighted by Crippen LogP contribution is 1.95. The van der Waals surface area contributed by atoms with E-state index in [9.17, 15) is 4.79 Å². The van der Waals surface area contributed by atoms with Gasteiger partial charge in [0.05, 0.1) is 0 Å². The van der Waals surface area contributed by atoms with E-state index in [0.29, 0.717) is 6.54 Å². The number of aromatic nitrogens is 2. The van der Waals surface area contributed by atoms with Gasteiger partial charge in [0, 0.05) is 37.6 Å². The fraction of sp³-hybridized carbons (Fsp3) is 0.714. The van der Waals surface area contributed by atoms with E-state index in [-0.39, 0.29) is 5.69 Å². The third kappa shape index (κ3) is 5.12. The highest BCUT2D eigenvalue weighted by atomic mass is 16.1. The number of nitrogens with zero attached hydrogens (tertiary/aromatic N) is 3. The molecule has 0 aliphatic carbocycles. The molecule has 1 heterocycles.